The number of benzene rings is 1. The summed E-state index contributed by atoms with van der Waals surface area (Å²) in [6.45, 7) is 1.15. The van der Waals surface area contributed by atoms with Gasteiger partial charge in [-0.05, 0) is 25.3 Å². The van der Waals surface area contributed by atoms with E-state index < -0.39 is 25.9 Å². The zero-order chi connectivity index (χ0) is 19.6. The minimum atomic E-state index is -4.76. The summed E-state index contributed by atoms with van der Waals surface area (Å²) in [5.41, 5.74) is 6.52. The van der Waals surface area contributed by atoms with Crippen molar-refractivity contribution in [2.24, 2.45) is 5.73 Å². The highest BCUT2D eigenvalue weighted by atomic mass is 31.2. The number of hydrogen-bond donors (Lipinski definition) is 5. The van der Waals surface area contributed by atoms with Crippen molar-refractivity contribution < 1.29 is 28.5 Å². The molecule has 0 saturated carbocycles. The lowest BCUT2D eigenvalue weighted by atomic mass is 10.1. The maximum Gasteiger partial charge on any atom is 0.469 e. The molecule has 0 aliphatic rings. The van der Waals surface area contributed by atoms with E-state index in [9.17, 15) is 14.2 Å². The lowest BCUT2D eigenvalue weighted by Gasteiger charge is -2.20. The van der Waals surface area contributed by atoms with Crippen molar-refractivity contribution in [3.05, 3.63) is 35.9 Å². The van der Waals surface area contributed by atoms with E-state index in [0.717, 1.165) is 12.0 Å². The molecular weight excluding hydrogens is 361 g/mol. The number of nitrogens with one attached hydrogen (secondary N) is 2. The van der Waals surface area contributed by atoms with Gasteiger partial charge in [-0.25, -0.2) is 4.57 Å². The van der Waals surface area contributed by atoms with Gasteiger partial charge in [-0.2, -0.15) is 0 Å². The predicted molar refractivity (Wildman–Crippen MR) is 96.0 cm³/mol. The molecule has 10 heteroatoms. The fraction of sp³-hybridized carbons (Fsp3) is 0.500. The van der Waals surface area contributed by atoms with Crippen molar-refractivity contribution in [1.82, 2.24) is 10.6 Å². The molecular formula is C16H26N3O6P. The van der Waals surface area contributed by atoms with Gasteiger partial charge in [0, 0.05) is 19.5 Å². The van der Waals surface area contributed by atoms with Crippen LogP contribution < -0.4 is 16.4 Å². The van der Waals surface area contributed by atoms with Crippen LogP contribution in [0.4, 0.5) is 0 Å². The van der Waals surface area contributed by atoms with Crippen molar-refractivity contribution >= 4 is 19.6 Å². The lowest BCUT2D eigenvalue weighted by Crippen LogP contribution is -2.45. The van der Waals surface area contributed by atoms with Crippen LogP contribution in [0.3, 0.4) is 0 Å². The molecule has 0 spiro atoms. The third-order valence-electron chi connectivity index (χ3n) is 3.44. The minimum absolute atomic E-state index is 0.144. The van der Waals surface area contributed by atoms with Crippen LogP contribution in [0.1, 0.15) is 25.3 Å². The van der Waals surface area contributed by atoms with Gasteiger partial charge in [-0.3, -0.25) is 14.1 Å². The molecule has 1 rings (SSSR count). The molecule has 0 heterocycles. The van der Waals surface area contributed by atoms with Crippen molar-refractivity contribution in [1.29, 1.82) is 0 Å². The number of phosphoric ester groups is 1. The molecule has 2 atom stereocenters. The summed E-state index contributed by atoms with van der Waals surface area (Å²) in [6.07, 6.45) is 0.586. The fourth-order valence-corrected chi connectivity index (χ4v) is 2.67. The maximum atomic E-state index is 11.9. The fourth-order valence-electron chi connectivity index (χ4n) is 2.13. The van der Waals surface area contributed by atoms with Gasteiger partial charge < -0.3 is 26.2 Å². The smallest absolute Gasteiger partial charge is 0.353 e. The Balaban J connectivity index is 2.39. The third-order valence-corrected chi connectivity index (χ3v) is 4.02. The second-order valence-corrected chi connectivity index (χ2v) is 7.09. The monoisotopic (exact) mass is 387 g/mol. The molecule has 6 N–H and O–H groups in total. The SMILES string of the molecule is C[C@@H](N)C(=O)NCC(CNC(=O)CCCc1ccccc1)OP(=O)(O)O. The van der Waals surface area contributed by atoms with E-state index in [1.165, 1.54) is 6.92 Å². The quantitative estimate of drug-likeness (QED) is 0.337. The van der Waals surface area contributed by atoms with Crippen molar-refractivity contribution in [3.8, 4) is 0 Å². The molecule has 0 aromatic heterocycles. The summed E-state index contributed by atoms with van der Waals surface area (Å²) in [5.74, 6) is -0.753. The molecule has 26 heavy (non-hydrogen) atoms. The lowest BCUT2D eigenvalue weighted by molar-refractivity contribution is -0.122. The Labute approximate surface area is 152 Å². The van der Waals surface area contributed by atoms with E-state index in [1.54, 1.807) is 0 Å². The first-order chi connectivity index (χ1) is 12.2. The summed E-state index contributed by atoms with van der Waals surface area (Å²) in [5, 5.41) is 4.96. The van der Waals surface area contributed by atoms with Crippen molar-refractivity contribution in [2.75, 3.05) is 13.1 Å². The van der Waals surface area contributed by atoms with E-state index in [1.807, 2.05) is 30.3 Å². The maximum absolute atomic E-state index is 11.9. The van der Waals surface area contributed by atoms with Gasteiger partial charge in [0.2, 0.25) is 11.8 Å². The summed E-state index contributed by atoms with van der Waals surface area (Å²) in [7, 11) is -4.76. The van der Waals surface area contributed by atoms with Gasteiger partial charge in [0.1, 0.15) is 6.10 Å². The molecule has 9 nitrogen and oxygen atoms in total. The Bertz CT molecular complexity index is 620. The van der Waals surface area contributed by atoms with Crippen LogP contribution >= 0.6 is 7.82 Å². The van der Waals surface area contributed by atoms with E-state index >= 15 is 0 Å². The summed E-state index contributed by atoms with van der Waals surface area (Å²) in [4.78, 5) is 41.2. The standard InChI is InChI=1S/C16H26N3O6P/c1-12(17)16(21)19-11-14(25-26(22,23)24)10-18-15(20)9-5-8-13-6-3-2-4-7-13/h2-4,6-7,12,14H,5,8-11,17H2,1H3,(H,18,20)(H,19,21)(H2,22,23,24)/t12-,14?/m1/s1. The molecule has 1 unspecified atom stereocenters. The van der Waals surface area contributed by atoms with Gasteiger partial charge in [-0.1, -0.05) is 30.3 Å². The first-order valence-electron chi connectivity index (χ1n) is 8.25. The van der Waals surface area contributed by atoms with Crippen LogP contribution in [0.2, 0.25) is 0 Å². The Hall–Kier alpha value is -1.77. The zero-order valence-electron chi connectivity index (χ0n) is 14.6. The number of carbonyl (C=O) groups is 2. The van der Waals surface area contributed by atoms with Crippen LogP contribution in [0, 0.1) is 0 Å². The molecule has 1 aromatic rings. The van der Waals surface area contributed by atoms with E-state index in [-0.39, 0.29) is 25.4 Å². The molecule has 0 fully saturated rings. The first-order valence-corrected chi connectivity index (χ1v) is 9.78. The highest BCUT2D eigenvalue weighted by molar-refractivity contribution is 7.46. The minimum Gasteiger partial charge on any atom is -0.353 e. The number of aryl methyl sites for hydroxylation is 1. The van der Waals surface area contributed by atoms with Crippen molar-refractivity contribution in [2.45, 2.75) is 38.3 Å². The average molecular weight is 387 g/mol. The van der Waals surface area contributed by atoms with E-state index in [4.69, 9.17) is 15.5 Å². The second kappa shape index (κ2) is 11.1. The Morgan fingerprint density at radius 3 is 2.38 bits per heavy atom. The summed E-state index contributed by atoms with van der Waals surface area (Å²) < 4.78 is 15.6. The normalized spacial score (nSPS) is 13.7. The first kappa shape index (κ1) is 22.3. The molecule has 146 valence electrons. The highest BCUT2D eigenvalue weighted by Crippen LogP contribution is 2.37. The third kappa shape index (κ3) is 10.3. The molecule has 0 aliphatic heterocycles. The van der Waals surface area contributed by atoms with Crippen LogP contribution in [0.5, 0.6) is 0 Å². The number of phosphoric acid groups is 1. The number of carbonyl (C=O) groups excluding carboxylic acids is 2. The Morgan fingerprint density at radius 1 is 1.19 bits per heavy atom. The van der Waals surface area contributed by atoms with Gasteiger partial charge >= 0.3 is 7.82 Å². The molecule has 0 bridgehead atoms. The summed E-state index contributed by atoms with van der Waals surface area (Å²) >= 11 is 0. The largest absolute Gasteiger partial charge is 0.469 e. The van der Waals surface area contributed by atoms with Gasteiger partial charge in [-0.15, -0.1) is 0 Å². The molecule has 0 aliphatic carbocycles. The zero-order valence-corrected chi connectivity index (χ0v) is 15.5. The highest BCUT2D eigenvalue weighted by Gasteiger charge is 2.23. The van der Waals surface area contributed by atoms with Crippen LogP contribution in [-0.2, 0) is 25.1 Å². The molecule has 2 amide bonds. The van der Waals surface area contributed by atoms with Crippen LogP contribution in [-0.4, -0.2) is 46.8 Å². The van der Waals surface area contributed by atoms with E-state index in [0.29, 0.717) is 6.42 Å². The van der Waals surface area contributed by atoms with Gasteiger partial charge in [0.25, 0.3) is 0 Å². The van der Waals surface area contributed by atoms with Crippen LogP contribution in [0.25, 0.3) is 0 Å². The molecule has 1 aromatic carbocycles. The molecule has 0 radical (unpaired) electrons. The topological polar surface area (TPSA) is 151 Å². The van der Waals surface area contributed by atoms with Gasteiger partial charge in [0.15, 0.2) is 0 Å². The van der Waals surface area contributed by atoms with Crippen LogP contribution in [0.15, 0.2) is 30.3 Å². The number of amides is 2. The van der Waals surface area contributed by atoms with Crippen molar-refractivity contribution in [3.63, 3.8) is 0 Å². The second-order valence-electron chi connectivity index (χ2n) is 5.90. The average Bonchev–Trinajstić information content (AvgIpc) is 2.56. The Morgan fingerprint density at radius 2 is 1.81 bits per heavy atom. The summed E-state index contributed by atoms with van der Waals surface area (Å²) in [6, 6.07) is 8.96. The predicted octanol–water partition coefficient (Wildman–Crippen LogP) is 0.0668. The number of nitrogens with two attached hydrogens (primary N) is 1. The number of hydrogen-bond acceptors (Lipinski definition) is 5. The van der Waals surface area contributed by atoms with Gasteiger partial charge in [0.05, 0.1) is 6.04 Å². The Kier molecular flexibility index (Phi) is 9.47. The van der Waals surface area contributed by atoms with E-state index in [2.05, 4.69) is 15.2 Å². The number of rotatable bonds is 11. The molecule has 0 saturated heterocycles.